The van der Waals surface area contributed by atoms with Gasteiger partial charge in [0.2, 0.25) is 29.5 Å². The monoisotopic (exact) mass is 1650 g/mol. The number of amides is 3. The molecule has 576 valence electrons. The molecule has 29 heteroatoms. The first kappa shape index (κ1) is 83.7. The summed E-state index contributed by atoms with van der Waals surface area (Å²) in [5.74, 6) is -1.84. The number of aromatic carboxylic acids is 1. The Kier molecular flexibility index (Phi) is 29.4. The third kappa shape index (κ3) is 22.3. The summed E-state index contributed by atoms with van der Waals surface area (Å²) in [5, 5.41) is 13.8. The van der Waals surface area contributed by atoms with Crippen LogP contribution < -0.4 is 5.32 Å². The van der Waals surface area contributed by atoms with Crippen molar-refractivity contribution in [3.8, 4) is 0 Å². The van der Waals surface area contributed by atoms with Crippen LogP contribution in [0.5, 0.6) is 0 Å². The number of benzene rings is 10. The lowest BCUT2D eigenvalue weighted by Crippen LogP contribution is -2.64. The van der Waals surface area contributed by atoms with Gasteiger partial charge in [0.15, 0.2) is 0 Å². The molecule has 4 aliphatic rings. The number of carbonyl (C=O) groups excluding carboxylic acids is 5. The van der Waals surface area contributed by atoms with E-state index in [-0.39, 0.29) is 70.2 Å². The molecule has 4 fully saturated rings. The van der Waals surface area contributed by atoms with E-state index >= 15 is 0 Å². The smallest absolute Gasteiger partial charge is 0.337 e. The molecular formula is C82H76Cl4N6O15S4. The number of ether oxygens (including phenoxy) is 2. The van der Waals surface area contributed by atoms with Crippen molar-refractivity contribution in [2.24, 2.45) is 0 Å². The quantitative estimate of drug-likeness (QED) is 0.0851. The molecule has 0 aliphatic carbocycles. The highest BCUT2D eigenvalue weighted by atomic mass is 35.5. The van der Waals surface area contributed by atoms with Gasteiger partial charge in [0, 0.05) is 137 Å². The molecule has 21 nitrogen and oxygen atoms in total. The summed E-state index contributed by atoms with van der Waals surface area (Å²) in [6.45, 7) is 10.1. The Labute approximate surface area is 669 Å². The first-order chi connectivity index (χ1) is 53.2. The Balaban J connectivity index is 0.000000153. The summed E-state index contributed by atoms with van der Waals surface area (Å²) in [7, 11) is -8.41. The Hall–Kier alpha value is -9.74. The second-order valence-corrected chi connectivity index (χ2v) is 34.1. The fourth-order valence-electron chi connectivity index (χ4n) is 11.9. The molecule has 0 bridgehead atoms. The Morgan fingerprint density at radius 2 is 0.676 bits per heavy atom. The fourth-order valence-corrected chi connectivity index (χ4v) is 17.7. The Bertz CT molecular complexity index is 5270. The van der Waals surface area contributed by atoms with Crippen LogP contribution >= 0.6 is 58.2 Å². The van der Waals surface area contributed by atoms with E-state index in [1.807, 2.05) is 107 Å². The van der Waals surface area contributed by atoms with E-state index in [1.54, 1.807) is 77.3 Å². The predicted octanol–water partition coefficient (Wildman–Crippen LogP) is 14.0. The van der Waals surface area contributed by atoms with Gasteiger partial charge in [0.05, 0.1) is 60.3 Å². The molecular weight excluding hydrogens is 1580 g/mol. The molecule has 0 atom stereocenters. The van der Waals surface area contributed by atoms with E-state index < -0.39 is 41.5 Å². The van der Waals surface area contributed by atoms with Crippen molar-refractivity contribution in [3.63, 3.8) is 0 Å². The maximum absolute atomic E-state index is 12.9. The van der Waals surface area contributed by atoms with Crippen LogP contribution in [0.3, 0.4) is 0 Å². The lowest BCUT2D eigenvalue weighted by atomic mass is 10.0. The van der Waals surface area contributed by atoms with Crippen molar-refractivity contribution in [1.82, 2.24) is 29.8 Å². The standard InChI is InChI=1S/C27H26ClN3O4S.C14H11ClO4S.C14H11ClO2S.C14H19N3O.C13H9ClO4S/c28-22-7-4-8-25(17-22)36(34,35)24-11-9-21(10-12-24)27(33)31-18-23(19-31)29-13-15-30(16-14-29)26(32)20-5-2-1-3-6-20;1-19-14(16)10-5-7-12(8-6-10)20(17,18)13-4-2-3-11(15)9-13;1-17-14(16)10-5-7-12(8-6-10)18-13-4-2-3-11(15)9-13;18-14(12-4-2-1-3-5-12)17-8-6-16(7-9-17)13-10-15-11-13;14-10-2-1-3-12(8-10)19(17,18)11-6-4-9(5-7-11)13(15)16/h1-12,17,23H,13-16,18-19H2;2-9H,1H3;2-9H,1H3;1-5,13,15H,6-11H2;1-8H,(H,15,16). The first-order valence-corrected chi connectivity index (χ1v) is 41.4. The number of nitrogens with one attached hydrogen (secondary N) is 1. The molecule has 0 unspecified atom stereocenters. The van der Waals surface area contributed by atoms with E-state index in [2.05, 4.69) is 24.6 Å². The molecule has 4 heterocycles. The number of carboxylic acids is 1. The van der Waals surface area contributed by atoms with Gasteiger partial charge >= 0.3 is 17.9 Å². The number of carbonyl (C=O) groups is 6. The normalized spacial score (nSPS) is 14.6. The van der Waals surface area contributed by atoms with Gasteiger partial charge in [-0.15, -0.1) is 0 Å². The number of rotatable bonds is 16. The lowest BCUT2D eigenvalue weighted by molar-refractivity contribution is 0.00849. The van der Waals surface area contributed by atoms with Crippen LogP contribution in [-0.4, -0.2) is 195 Å². The molecule has 10 aromatic carbocycles. The minimum absolute atomic E-state index is 0.0276. The number of esters is 2. The first-order valence-electron chi connectivity index (χ1n) is 34.6. The van der Waals surface area contributed by atoms with Crippen LogP contribution in [0.25, 0.3) is 0 Å². The van der Waals surface area contributed by atoms with Gasteiger partial charge in [-0.3, -0.25) is 24.2 Å². The molecule has 2 N–H and O–H groups in total. The summed E-state index contributed by atoms with van der Waals surface area (Å²) in [6, 6.07) is 69.4. The van der Waals surface area contributed by atoms with Crippen molar-refractivity contribution in [1.29, 1.82) is 0 Å². The summed E-state index contributed by atoms with van der Waals surface area (Å²) in [5.41, 5.74) is 2.83. The zero-order valence-corrected chi connectivity index (χ0v) is 66.2. The molecule has 3 amide bonds. The van der Waals surface area contributed by atoms with E-state index in [0.29, 0.717) is 69.0 Å². The molecule has 0 radical (unpaired) electrons. The van der Waals surface area contributed by atoms with Gasteiger partial charge in [-0.2, -0.15) is 0 Å². The number of carboxylic acid groups (broad SMARTS) is 1. The van der Waals surface area contributed by atoms with Crippen molar-refractivity contribution < 1.29 is 68.6 Å². The predicted molar refractivity (Wildman–Crippen MR) is 426 cm³/mol. The van der Waals surface area contributed by atoms with Crippen LogP contribution in [0.1, 0.15) is 62.1 Å². The Morgan fingerprint density at radius 1 is 0.351 bits per heavy atom. The topological polar surface area (TPSA) is 272 Å². The molecule has 4 saturated heterocycles. The molecule has 111 heavy (non-hydrogen) atoms. The molecule has 4 aliphatic heterocycles. The number of hydrogen-bond acceptors (Lipinski definition) is 18. The lowest BCUT2D eigenvalue weighted by Gasteiger charge is -2.48. The average molecular weight is 1660 g/mol. The van der Waals surface area contributed by atoms with E-state index in [4.69, 9.17) is 51.5 Å². The molecule has 0 spiro atoms. The highest BCUT2D eigenvalue weighted by Crippen LogP contribution is 2.32. The second-order valence-electron chi connectivity index (χ2n) is 25.4. The average Bonchev–Trinajstić information content (AvgIpc) is 0.791. The van der Waals surface area contributed by atoms with Gasteiger partial charge in [-0.1, -0.05) is 119 Å². The number of likely N-dealkylation sites (tertiary alicyclic amines) is 1. The van der Waals surface area contributed by atoms with Crippen LogP contribution in [-0.2, 0) is 39.0 Å². The Morgan fingerprint density at radius 3 is 1.02 bits per heavy atom. The van der Waals surface area contributed by atoms with E-state index in [1.165, 1.54) is 111 Å². The number of piperazine rings is 2. The van der Waals surface area contributed by atoms with Crippen LogP contribution in [0.2, 0.25) is 20.1 Å². The molecule has 14 rings (SSSR count). The third-order valence-corrected chi connectivity index (χ3v) is 25.5. The van der Waals surface area contributed by atoms with Gasteiger partial charge in [0.1, 0.15) is 0 Å². The van der Waals surface area contributed by atoms with Gasteiger partial charge < -0.3 is 34.6 Å². The van der Waals surface area contributed by atoms with Crippen LogP contribution in [0, 0.1) is 0 Å². The number of methoxy groups -OCH3 is 2. The minimum atomic E-state index is -3.71. The second kappa shape index (κ2) is 38.9. The maximum Gasteiger partial charge on any atom is 0.337 e. The number of nitrogens with zero attached hydrogens (tertiary/aromatic N) is 5. The fraction of sp³-hybridized carbons (Fsp3) is 0.195. The summed E-state index contributed by atoms with van der Waals surface area (Å²) in [6.07, 6.45) is 0. The molecule has 0 saturated carbocycles. The summed E-state index contributed by atoms with van der Waals surface area (Å²) < 4.78 is 84.1. The molecule has 0 aromatic heterocycles. The van der Waals surface area contributed by atoms with Crippen molar-refractivity contribution in [2.45, 2.75) is 51.2 Å². The number of sulfone groups is 3. The van der Waals surface area contributed by atoms with Gasteiger partial charge in [-0.05, 0) is 194 Å². The van der Waals surface area contributed by atoms with Crippen molar-refractivity contribution >= 4 is 123 Å². The SMILES string of the molecule is COC(=O)c1ccc(S(=O)(=O)c2cccc(Cl)c2)cc1.COC(=O)c1ccc(Sc2cccc(Cl)c2)cc1.O=C(O)c1ccc(S(=O)(=O)c2cccc(Cl)c2)cc1.O=C(c1ccccc1)N1CCN(C2CN(C(=O)c3ccc(S(=O)(=O)c4cccc(Cl)c4)cc3)C2)CC1.O=C(c1ccccc1)N1CCN(C2CNC2)CC1. The minimum Gasteiger partial charge on any atom is -0.478 e. The third-order valence-electron chi connectivity index (χ3n) is 18.2. The highest BCUT2D eigenvalue weighted by Gasteiger charge is 2.38. The summed E-state index contributed by atoms with van der Waals surface area (Å²) in [4.78, 5) is 84.2. The van der Waals surface area contributed by atoms with Gasteiger partial charge in [0.25, 0.3) is 17.7 Å². The van der Waals surface area contributed by atoms with E-state index in [9.17, 15) is 54.0 Å². The largest absolute Gasteiger partial charge is 0.478 e. The number of halogens is 4. The maximum atomic E-state index is 12.9. The van der Waals surface area contributed by atoms with Crippen molar-refractivity contribution in [2.75, 3.05) is 92.8 Å². The zero-order chi connectivity index (χ0) is 79.4. The molecule has 10 aromatic rings. The highest BCUT2D eigenvalue weighted by molar-refractivity contribution is 7.99. The van der Waals surface area contributed by atoms with E-state index in [0.717, 1.165) is 67.7 Å². The summed E-state index contributed by atoms with van der Waals surface area (Å²) >= 11 is 25.0. The van der Waals surface area contributed by atoms with Gasteiger partial charge in [-0.25, -0.2) is 39.6 Å². The zero-order valence-electron chi connectivity index (χ0n) is 59.9. The van der Waals surface area contributed by atoms with Crippen molar-refractivity contribution in [3.05, 3.63) is 308 Å². The van der Waals surface area contributed by atoms with Crippen LogP contribution in [0.4, 0.5) is 0 Å². The van der Waals surface area contributed by atoms with Crippen LogP contribution in [0.15, 0.2) is 294 Å². The number of hydrogen-bond donors (Lipinski definition) is 2.